The van der Waals surface area contributed by atoms with Crippen LogP contribution < -0.4 is 4.72 Å². The van der Waals surface area contributed by atoms with Crippen LogP contribution in [-0.4, -0.2) is 20.7 Å². The van der Waals surface area contributed by atoms with E-state index in [4.69, 9.17) is 0 Å². The third kappa shape index (κ3) is 4.72. The van der Waals surface area contributed by atoms with Crippen molar-refractivity contribution in [2.45, 2.75) is 11.8 Å². The molecule has 0 aliphatic heterocycles. The Hall–Kier alpha value is -2.56. The molecule has 0 aliphatic rings. The van der Waals surface area contributed by atoms with Crippen molar-refractivity contribution in [3.8, 4) is 11.8 Å². The molecule has 0 spiro atoms. The highest BCUT2D eigenvalue weighted by Crippen LogP contribution is 2.13. The number of Topliss-reactive ketones (excluding diaryl/α,β-unsaturated/α-hetero) is 1. The summed E-state index contributed by atoms with van der Waals surface area (Å²) in [4.78, 5) is 10.6. The number of benzene rings is 2. The Bertz CT molecular complexity index is 906. The molecule has 0 aromatic heterocycles. The maximum Gasteiger partial charge on any atom is 0.241 e. The van der Waals surface area contributed by atoms with Crippen molar-refractivity contribution in [2.24, 2.45) is 0 Å². The topological polar surface area (TPSA) is 63.2 Å². The van der Waals surface area contributed by atoms with E-state index in [1.807, 2.05) is 0 Å². The molecule has 0 atom stereocenters. The summed E-state index contributed by atoms with van der Waals surface area (Å²) in [7, 11) is -4.05. The molecule has 4 nitrogen and oxygen atoms in total. The van der Waals surface area contributed by atoms with Gasteiger partial charge in [0.05, 0.1) is 11.4 Å². The molecule has 0 saturated heterocycles. The van der Waals surface area contributed by atoms with E-state index in [0.29, 0.717) is 17.2 Å². The van der Waals surface area contributed by atoms with Gasteiger partial charge in [-0.1, -0.05) is 24.0 Å². The molecular weight excluding hydrogens is 336 g/mol. The van der Waals surface area contributed by atoms with Gasteiger partial charge in [0.2, 0.25) is 10.0 Å². The minimum absolute atomic E-state index is 0.0652. The molecule has 2 aromatic rings. The molecule has 0 unspecified atom stereocenters. The van der Waals surface area contributed by atoms with Gasteiger partial charge in [0.15, 0.2) is 5.78 Å². The molecule has 0 amide bonds. The van der Waals surface area contributed by atoms with E-state index in [0.717, 1.165) is 12.1 Å². The number of halogens is 2. The molecule has 2 rings (SSSR count). The fourth-order valence-electron chi connectivity index (χ4n) is 1.83. The van der Waals surface area contributed by atoms with Crippen LogP contribution in [0.3, 0.4) is 0 Å². The van der Waals surface area contributed by atoms with Gasteiger partial charge in [-0.3, -0.25) is 4.79 Å². The molecule has 0 bridgehead atoms. The first-order valence-electron chi connectivity index (χ1n) is 6.83. The molecule has 2 aromatic carbocycles. The fourth-order valence-corrected chi connectivity index (χ4v) is 2.80. The fraction of sp³-hybridized carbons (Fsp3) is 0.118. The van der Waals surface area contributed by atoms with Crippen molar-refractivity contribution in [3.63, 3.8) is 0 Å². The largest absolute Gasteiger partial charge is 0.295 e. The highest BCUT2D eigenvalue weighted by molar-refractivity contribution is 7.89. The number of nitrogens with one attached hydrogen (secondary N) is 1. The first-order chi connectivity index (χ1) is 11.3. The SMILES string of the molecule is CC(=O)c1ccc(C#CCNS(=O)(=O)c2cc(F)cc(F)c2)cc1. The van der Waals surface area contributed by atoms with Gasteiger partial charge in [-0.25, -0.2) is 17.2 Å². The van der Waals surface area contributed by atoms with Gasteiger partial charge in [0.25, 0.3) is 0 Å². The van der Waals surface area contributed by atoms with Crippen LogP contribution >= 0.6 is 0 Å². The molecule has 24 heavy (non-hydrogen) atoms. The lowest BCUT2D eigenvalue weighted by Crippen LogP contribution is -2.24. The maximum absolute atomic E-state index is 13.1. The Kier molecular flexibility index (Phi) is 5.44. The second kappa shape index (κ2) is 7.34. The third-order valence-electron chi connectivity index (χ3n) is 3.02. The molecule has 0 radical (unpaired) electrons. The van der Waals surface area contributed by atoms with Crippen LogP contribution in [0.5, 0.6) is 0 Å². The first-order valence-corrected chi connectivity index (χ1v) is 8.32. The van der Waals surface area contributed by atoms with Gasteiger partial charge in [-0.15, -0.1) is 0 Å². The average Bonchev–Trinajstić information content (AvgIpc) is 2.51. The van der Waals surface area contributed by atoms with E-state index in [-0.39, 0.29) is 12.3 Å². The Morgan fingerprint density at radius 2 is 1.67 bits per heavy atom. The van der Waals surface area contributed by atoms with Gasteiger partial charge in [-0.05, 0) is 31.2 Å². The van der Waals surface area contributed by atoms with Crippen molar-refractivity contribution in [3.05, 3.63) is 65.2 Å². The third-order valence-corrected chi connectivity index (χ3v) is 4.40. The van der Waals surface area contributed by atoms with Crippen molar-refractivity contribution < 1.29 is 22.0 Å². The van der Waals surface area contributed by atoms with Crippen molar-refractivity contribution >= 4 is 15.8 Å². The van der Waals surface area contributed by atoms with Gasteiger partial charge >= 0.3 is 0 Å². The molecule has 0 heterocycles. The van der Waals surface area contributed by atoms with Crippen LogP contribution in [0.25, 0.3) is 0 Å². The summed E-state index contributed by atoms with van der Waals surface area (Å²) in [5, 5.41) is 0. The van der Waals surface area contributed by atoms with Gasteiger partial charge in [0.1, 0.15) is 11.6 Å². The standard InChI is InChI=1S/C17H13F2NO3S/c1-12(21)14-6-4-13(5-7-14)3-2-8-20-24(22,23)17-10-15(18)9-16(19)11-17/h4-7,9-11,20H,8H2,1H3. The summed E-state index contributed by atoms with van der Waals surface area (Å²) in [5.74, 6) is 3.29. The van der Waals surface area contributed by atoms with Crippen LogP contribution in [0.2, 0.25) is 0 Å². The zero-order valence-electron chi connectivity index (χ0n) is 12.6. The van der Waals surface area contributed by atoms with E-state index in [9.17, 15) is 22.0 Å². The number of hydrogen-bond acceptors (Lipinski definition) is 3. The number of ketones is 1. The van der Waals surface area contributed by atoms with Crippen molar-refractivity contribution in [1.29, 1.82) is 0 Å². The van der Waals surface area contributed by atoms with E-state index < -0.39 is 26.6 Å². The van der Waals surface area contributed by atoms with Crippen LogP contribution in [0.4, 0.5) is 8.78 Å². The lowest BCUT2D eigenvalue weighted by Gasteiger charge is -2.04. The van der Waals surface area contributed by atoms with E-state index >= 15 is 0 Å². The summed E-state index contributed by atoms with van der Waals surface area (Å²) in [5.41, 5.74) is 1.16. The Balaban J connectivity index is 2.04. The predicted molar refractivity (Wildman–Crippen MR) is 84.9 cm³/mol. The van der Waals surface area contributed by atoms with Crippen molar-refractivity contribution in [2.75, 3.05) is 6.54 Å². The van der Waals surface area contributed by atoms with E-state index in [2.05, 4.69) is 16.6 Å². The molecule has 0 aliphatic carbocycles. The van der Waals surface area contributed by atoms with Gasteiger partial charge < -0.3 is 0 Å². The smallest absolute Gasteiger partial charge is 0.241 e. The van der Waals surface area contributed by atoms with Crippen LogP contribution in [0.15, 0.2) is 47.4 Å². The van der Waals surface area contributed by atoms with E-state index in [1.165, 1.54) is 6.92 Å². The van der Waals surface area contributed by atoms with Gasteiger partial charge in [0, 0.05) is 17.2 Å². The summed E-state index contributed by atoms with van der Waals surface area (Å²) in [6.07, 6.45) is 0. The lowest BCUT2D eigenvalue weighted by atomic mass is 10.1. The molecule has 0 saturated carbocycles. The summed E-state index contributed by atoms with van der Waals surface area (Å²) in [6.45, 7) is 1.22. The number of carbonyl (C=O) groups excluding carboxylic acids is 1. The second-order valence-electron chi connectivity index (χ2n) is 4.87. The maximum atomic E-state index is 13.1. The van der Waals surface area contributed by atoms with Crippen molar-refractivity contribution in [1.82, 2.24) is 4.72 Å². The number of sulfonamides is 1. The minimum Gasteiger partial charge on any atom is -0.295 e. The molecule has 0 fully saturated rings. The highest BCUT2D eigenvalue weighted by atomic mass is 32.2. The lowest BCUT2D eigenvalue weighted by molar-refractivity contribution is 0.101. The van der Waals surface area contributed by atoms with Crippen LogP contribution in [0, 0.1) is 23.5 Å². The number of carbonyl (C=O) groups is 1. The van der Waals surface area contributed by atoms with Crippen LogP contribution in [0.1, 0.15) is 22.8 Å². The molecule has 7 heteroatoms. The summed E-state index contributed by atoms with van der Waals surface area (Å²) in [6, 6.07) is 8.54. The molecule has 1 N–H and O–H groups in total. The molecular formula is C17H13F2NO3S. The zero-order chi connectivity index (χ0) is 17.7. The monoisotopic (exact) mass is 349 g/mol. The summed E-state index contributed by atoms with van der Waals surface area (Å²) >= 11 is 0. The molecule has 124 valence electrons. The second-order valence-corrected chi connectivity index (χ2v) is 6.63. The quantitative estimate of drug-likeness (QED) is 0.681. The first kappa shape index (κ1) is 17.8. The Morgan fingerprint density at radius 1 is 1.08 bits per heavy atom. The Labute approximate surface area is 138 Å². The normalized spacial score (nSPS) is 10.8. The zero-order valence-corrected chi connectivity index (χ0v) is 13.5. The predicted octanol–water partition coefficient (Wildman–Crippen LogP) is 2.50. The Morgan fingerprint density at radius 3 is 2.21 bits per heavy atom. The van der Waals surface area contributed by atoms with E-state index in [1.54, 1.807) is 24.3 Å². The highest BCUT2D eigenvalue weighted by Gasteiger charge is 2.15. The summed E-state index contributed by atoms with van der Waals surface area (Å²) < 4.78 is 52.1. The number of rotatable bonds is 4. The van der Waals surface area contributed by atoms with Gasteiger partial charge in [-0.2, -0.15) is 4.72 Å². The van der Waals surface area contributed by atoms with Crippen LogP contribution in [-0.2, 0) is 10.0 Å². The average molecular weight is 349 g/mol. The minimum atomic E-state index is -4.05. The number of hydrogen-bond donors (Lipinski definition) is 1.